The van der Waals surface area contributed by atoms with E-state index < -0.39 is 20.0 Å². The van der Waals surface area contributed by atoms with Gasteiger partial charge in [0.2, 0.25) is 5.91 Å². The average molecular weight is 538 g/mol. The van der Waals surface area contributed by atoms with Crippen molar-refractivity contribution in [2.45, 2.75) is 55.8 Å². The molecule has 0 radical (unpaired) electrons. The largest absolute Gasteiger partial charge is 0.339 e. The van der Waals surface area contributed by atoms with Crippen LogP contribution in [0.25, 0.3) is 0 Å². The van der Waals surface area contributed by atoms with Crippen LogP contribution >= 0.6 is 0 Å². The van der Waals surface area contributed by atoms with Gasteiger partial charge in [-0.15, -0.1) is 0 Å². The second-order valence-corrected chi connectivity index (χ2v) is 11.5. The van der Waals surface area contributed by atoms with Gasteiger partial charge < -0.3 is 10.2 Å². The van der Waals surface area contributed by atoms with Gasteiger partial charge in [-0.1, -0.05) is 60.7 Å². The van der Waals surface area contributed by atoms with Crippen molar-refractivity contribution in [2.24, 2.45) is 0 Å². The lowest BCUT2D eigenvalue weighted by molar-refractivity contribution is -0.384. The van der Waals surface area contributed by atoms with E-state index in [2.05, 4.69) is 5.32 Å². The predicted molar refractivity (Wildman–Crippen MR) is 148 cm³/mol. The Hall–Kier alpha value is -3.56. The maximum atomic E-state index is 13.5. The standard InChI is InChI=1S/C29H35N3O5S/c1-24(33)31(23-26-12-6-3-7-13-26)21-9-15-28(14-8-20-30-22-25-10-4-2-5-11-25)38(36,37)29-18-16-27(17-19-29)32(34)35/h2-7,10-13,16-19,28,30H,8-9,14-15,20-23H2,1H3/t28-/m0/s1. The number of nitrogens with one attached hydrogen (secondary N) is 1. The highest BCUT2D eigenvalue weighted by Gasteiger charge is 2.27. The first kappa shape index (κ1) is 29.0. The molecule has 0 aromatic heterocycles. The van der Waals surface area contributed by atoms with Gasteiger partial charge in [0.15, 0.2) is 9.84 Å². The smallest absolute Gasteiger partial charge is 0.269 e. The van der Waals surface area contributed by atoms with Gasteiger partial charge in [-0.2, -0.15) is 0 Å². The lowest BCUT2D eigenvalue weighted by Gasteiger charge is -2.23. The molecule has 0 heterocycles. The number of hydrogen-bond donors (Lipinski definition) is 1. The number of rotatable bonds is 15. The highest BCUT2D eigenvalue weighted by Crippen LogP contribution is 2.25. The summed E-state index contributed by atoms with van der Waals surface area (Å²) in [6.45, 7) is 3.80. The maximum Gasteiger partial charge on any atom is 0.269 e. The summed E-state index contributed by atoms with van der Waals surface area (Å²) < 4.78 is 27.1. The third-order valence-corrected chi connectivity index (χ3v) is 8.76. The number of carbonyl (C=O) groups is 1. The molecule has 0 bridgehead atoms. The second kappa shape index (κ2) is 14.4. The van der Waals surface area contributed by atoms with Crippen LogP contribution in [0.5, 0.6) is 0 Å². The van der Waals surface area contributed by atoms with Gasteiger partial charge in [-0.05, 0) is 55.5 Å². The fourth-order valence-corrected chi connectivity index (χ4v) is 6.20. The zero-order valence-corrected chi connectivity index (χ0v) is 22.5. The summed E-state index contributed by atoms with van der Waals surface area (Å²) in [4.78, 5) is 24.5. The van der Waals surface area contributed by atoms with E-state index in [-0.39, 0.29) is 16.5 Å². The molecule has 0 saturated carbocycles. The minimum atomic E-state index is -3.71. The van der Waals surface area contributed by atoms with Crippen LogP contribution < -0.4 is 5.32 Å². The molecule has 0 unspecified atom stereocenters. The number of nitro benzene ring substituents is 1. The molecule has 1 atom stereocenters. The van der Waals surface area contributed by atoms with Crippen LogP contribution in [0.4, 0.5) is 5.69 Å². The van der Waals surface area contributed by atoms with Gasteiger partial charge in [0.25, 0.3) is 5.69 Å². The van der Waals surface area contributed by atoms with E-state index in [1.54, 1.807) is 4.90 Å². The first-order chi connectivity index (χ1) is 18.3. The number of benzene rings is 3. The maximum absolute atomic E-state index is 13.5. The predicted octanol–water partition coefficient (Wildman–Crippen LogP) is 5.14. The van der Waals surface area contributed by atoms with E-state index in [1.165, 1.54) is 31.2 Å². The molecule has 1 amide bonds. The molecule has 0 aliphatic rings. The van der Waals surface area contributed by atoms with Crippen molar-refractivity contribution >= 4 is 21.4 Å². The monoisotopic (exact) mass is 537 g/mol. The van der Waals surface area contributed by atoms with Crippen molar-refractivity contribution < 1.29 is 18.1 Å². The highest BCUT2D eigenvalue weighted by molar-refractivity contribution is 7.92. The van der Waals surface area contributed by atoms with Crippen LogP contribution in [0, 0.1) is 10.1 Å². The Morgan fingerprint density at radius 1 is 0.895 bits per heavy atom. The van der Waals surface area contributed by atoms with Crippen molar-refractivity contribution in [2.75, 3.05) is 13.1 Å². The Labute approximate surface area is 224 Å². The van der Waals surface area contributed by atoms with E-state index in [4.69, 9.17) is 0 Å². The third-order valence-electron chi connectivity index (χ3n) is 6.48. The summed E-state index contributed by atoms with van der Waals surface area (Å²) in [5.74, 6) is -0.0614. The van der Waals surface area contributed by atoms with Crippen LogP contribution in [0.3, 0.4) is 0 Å². The van der Waals surface area contributed by atoms with Gasteiger partial charge in [0.1, 0.15) is 0 Å². The molecule has 202 valence electrons. The molecule has 3 aromatic carbocycles. The number of amides is 1. The van der Waals surface area contributed by atoms with Gasteiger partial charge in [-0.3, -0.25) is 14.9 Å². The summed E-state index contributed by atoms with van der Waals surface area (Å²) in [6, 6.07) is 24.7. The summed E-state index contributed by atoms with van der Waals surface area (Å²) in [5, 5.41) is 13.7. The van der Waals surface area contributed by atoms with Gasteiger partial charge in [0, 0.05) is 38.7 Å². The number of non-ortho nitro benzene ring substituents is 1. The number of carbonyl (C=O) groups excluding carboxylic acids is 1. The molecule has 0 fully saturated rings. The molecule has 3 aromatic rings. The molecule has 1 N–H and O–H groups in total. The second-order valence-electron chi connectivity index (χ2n) is 9.29. The van der Waals surface area contributed by atoms with E-state index in [9.17, 15) is 23.3 Å². The minimum Gasteiger partial charge on any atom is -0.339 e. The van der Waals surface area contributed by atoms with E-state index in [0.717, 1.165) is 11.1 Å². The molecular formula is C29H35N3O5S. The van der Waals surface area contributed by atoms with Crippen molar-refractivity contribution in [3.63, 3.8) is 0 Å². The van der Waals surface area contributed by atoms with Gasteiger partial charge >= 0.3 is 0 Å². The number of hydrogen-bond acceptors (Lipinski definition) is 6. The lowest BCUT2D eigenvalue weighted by atomic mass is 10.1. The topological polar surface area (TPSA) is 110 Å². The van der Waals surface area contributed by atoms with Crippen LogP contribution in [0.1, 0.15) is 43.7 Å². The van der Waals surface area contributed by atoms with Crippen molar-refractivity contribution in [3.05, 3.63) is 106 Å². The molecule has 0 aliphatic carbocycles. The highest BCUT2D eigenvalue weighted by atomic mass is 32.2. The third kappa shape index (κ3) is 8.78. The average Bonchev–Trinajstić information content (AvgIpc) is 2.92. The minimum absolute atomic E-state index is 0.0614. The van der Waals surface area contributed by atoms with Gasteiger partial charge in [0.05, 0.1) is 15.1 Å². The molecule has 9 heteroatoms. The normalized spacial score (nSPS) is 12.1. The first-order valence-corrected chi connectivity index (χ1v) is 14.3. The fraction of sp³-hybridized carbons (Fsp3) is 0.345. The zero-order chi connectivity index (χ0) is 27.4. The number of sulfone groups is 1. The first-order valence-electron chi connectivity index (χ1n) is 12.8. The Bertz CT molecular complexity index is 1270. The Morgan fingerprint density at radius 2 is 1.47 bits per heavy atom. The molecule has 3 rings (SSSR count). The summed E-state index contributed by atoms with van der Waals surface area (Å²) in [6.07, 6.45) is 2.02. The van der Waals surface area contributed by atoms with Crippen LogP contribution in [-0.4, -0.2) is 42.5 Å². The van der Waals surface area contributed by atoms with Crippen molar-refractivity contribution in [1.82, 2.24) is 10.2 Å². The van der Waals surface area contributed by atoms with Gasteiger partial charge in [-0.25, -0.2) is 8.42 Å². The fourth-order valence-electron chi connectivity index (χ4n) is 4.35. The van der Waals surface area contributed by atoms with Crippen molar-refractivity contribution in [1.29, 1.82) is 0 Å². The summed E-state index contributed by atoms with van der Waals surface area (Å²) in [7, 11) is -3.71. The number of nitro groups is 1. The quantitative estimate of drug-likeness (QED) is 0.163. The van der Waals surface area contributed by atoms with Crippen LogP contribution in [0.2, 0.25) is 0 Å². The van der Waals surface area contributed by atoms with Crippen molar-refractivity contribution in [3.8, 4) is 0 Å². The zero-order valence-electron chi connectivity index (χ0n) is 21.7. The number of nitrogens with zero attached hydrogens (tertiary/aromatic N) is 2. The molecule has 0 saturated heterocycles. The lowest BCUT2D eigenvalue weighted by Crippen LogP contribution is -2.31. The molecule has 38 heavy (non-hydrogen) atoms. The Balaban J connectivity index is 1.64. The molecule has 0 aliphatic heterocycles. The SMILES string of the molecule is CC(=O)N(CCC[C@H](CCCNCc1ccccc1)S(=O)(=O)c1ccc([N+](=O)[O-])cc1)Cc1ccccc1. The summed E-state index contributed by atoms with van der Waals surface area (Å²) in [5.41, 5.74) is 2.02. The van der Waals surface area contributed by atoms with E-state index in [0.29, 0.717) is 51.9 Å². The molecular weight excluding hydrogens is 502 g/mol. The van der Waals surface area contributed by atoms with Crippen LogP contribution in [-0.2, 0) is 27.7 Å². The molecule has 0 spiro atoms. The summed E-state index contributed by atoms with van der Waals surface area (Å²) >= 11 is 0. The Morgan fingerprint density at radius 3 is 2.05 bits per heavy atom. The molecule has 8 nitrogen and oxygen atoms in total. The van der Waals surface area contributed by atoms with E-state index in [1.807, 2.05) is 60.7 Å². The Kier molecular flexibility index (Phi) is 11.0. The van der Waals surface area contributed by atoms with E-state index >= 15 is 0 Å². The van der Waals surface area contributed by atoms with Crippen LogP contribution in [0.15, 0.2) is 89.8 Å².